The summed E-state index contributed by atoms with van der Waals surface area (Å²) in [4.78, 5) is 2.29. The van der Waals surface area contributed by atoms with Gasteiger partial charge in [-0.3, -0.25) is 4.90 Å². The second kappa shape index (κ2) is 7.17. The van der Waals surface area contributed by atoms with E-state index < -0.39 is 0 Å². The summed E-state index contributed by atoms with van der Waals surface area (Å²) in [7, 11) is 0. The minimum absolute atomic E-state index is 0.102. The fourth-order valence-corrected chi connectivity index (χ4v) is 3.96. The average Bonchev–Trinajstić information content (AvgIpc) is 3.14. The van der Waals surface area contributed by atoms with E-state index in [1.165, 1.54) is 12.1 Å². The van der Waals surface area contributed by atoms with E-state index in [9.17, 15) is 10.2 Å². The van der Waals surface area contributed by atoms with Crippen molar-refractivity contribution in [3.63, 3.8) is 0 Å². The van der Waals surface area contributed by atoms with Crippen molar-refractivity contribution < 1.29 is 24.2 Å². The number of hydrogen-bond donors (Lipinski definition) is 2. The highest BCUT2D eigenvalue weighted by molar-refractivity contribution is 6.32. The molecule has 0 saturated carbocycles. The van der Waals surface area contributed by atoms with E-state index >= 15 is 0 Å². The van der Waals surface area contributed by atoms with Crippen LogP contribution >= 0.6 is 11.6 Å². The van der Waals surface area contributed by atoms with Crippen LogP contribution in [0.25, 0.3) is 11.3 Å². The number of rotatable bonds is 3. The first kappa shape index (κ1) is 18.1. The summed E-state index contributed by atoms with van der Waals surface area (Å²) in [6.07, 6.45) is 0.746. The largest absolute Gasteiger partial charge is 0.507 e. The first-order chi connectivity index (χ1) is 14.1. The van der Waals surface area contributed by atoms with Crippen LogP contribution in [0, 0.1) is 0 Å². The summed E-state index contributed by atoms with van der Waals surface area (Å²) < 4.78 is 16.8. The molecule has 1 aromatic heterocycles. The van der Waals surface area contributed by atoms with E-state index in [0.29, 0.717) is 31.1 Å². The Hall–Kier alpha value is -2.90. The van der Waals surface area contributed by atoms with Crippen LogP contribution in [0.4, 0.5) is 0 Å². The fraction of sp³-hybridized carbons (Fsp3) is 0.286. The highest BCUT2D eigenvalue weighted by atomic mass is 35.5. The molecule has 0 atom stereocenters. The Morgan fingerprint density at radius 1 is 1.03 bits per heavy atom. The number of fused-ring (bicyclic) bond motifs is 2. The molecule has 2 N–H and O–H groups in total. The lowest BCUT2D eigenvalue weighted by atomic mass is 10.0. The number of aromatic nitrogens is 1. The number of nitrogens with zero attached hydrogens (tertiary/aromatic N) is 2. The molecule has 0 bridgehead atoms. The Kier molecular flexibility index (Phi) is 4.49. The molecule has 2 aliphatic heterocycles. The molecule has 8 heteroatoms. The molecular weight excluding hydrogens is 396 g/mol. The van der Waals surface area contributed by atoms with Crippen molar-refractivity contribution >= 4 is 11.6 Å². The molecule has 2 aromatic carbocycles. The molecular formula is C21H19ClN2O5. The third-order valence-electron chi connectivity index (χ3n) is 5.24. The molecule has 0 radical (unpaired) electrons. The van der Waals surface area contributed by atoms with Gasteiger partial charge in [0, 0.05) is 37.7 Å². The number of ether oxygens (including phenoxy) is 2. The van der Waals surface area contributed by atoms with Gasteiger partial charge >= 0.3 is 0 Å². The van der Waals surface area contributed by atoms with Crippen LogP contribution in [0.15, 0.2) is 34.9 Å². The van der Waals surface area contributed by atoms with E-state index in [-0.39, 0.29) is 16.5 Å². The first-order valence-electron chi connectivity index (χ1n) is 9.38. The van der Waals surface area contributed by atoms with Crippen LogP contribution in [-0.4, -0.2) is 40.0 Å². The summed E-state index contributed by atoms with van der Waals surface area (Å²) >= 11 is 6.02. The fourth-order valence-electron chi connectivity index (χ4n) is 3.79. The molecule has 5 rings (SSSR count). The topological polar surface area (TPSA) is 88.2 Å². The van der Waals surface area contributed by atoms with Gasteiger partial charge < -0.3 is 24.2 Å². The van der Waals surface area contributed by atoms with Crippen molar-refractivity contribution in [2.45, 2.75) is 19.5 Å². The Morgan fingerprint density at radius 3 is 2.72 bits per heavy atom. The van der Waals surface area contributed by atoms with Crippen LogP contribution in [0.2, 0.25) is 5.02 Å². The number of phenols is 2. The van der Waals surface area contributed by atoms with Gasteiger partial charge in [-0.2, -0.15) is 0 Å². The lowest BCUT2D eigenvalue weighted by Gasteiger charge is -2.27. The van der Waals surface area contributed by atoms with Gasteiger partial charge in [0.1, 0.15) is 24.7 Å². The SMILES string of the molecule is Oc1cc(O)c(-c2onc3c2CN(Cc2ccc4c(c2)OCCO4)CC3)cc1Cl. The smallest absolute Gasteiger partial charge is 0.175 e. The predicted molar refractivity (Wildman–Crippen MR) is 106 cm³/mol. The van der Waals surface area contributed by atoms with Gasteiger partial charge in [0.05, 0.1) is 16.3 Å². The zero-order valence-electron chi connectivity index (χ0n) is 15.5. The monoisotopic (exact) mass is 414 g/mol. The van der Waals surface area contributed by atoms with Crippen molar-refractivity contribution in [3.05, 3.63) is 52.2 Å². The highest BCUT2D eigenvalue weighted by Gasteiger charge is 2.27. The van der Waals surface area contributed by atoms with Crippen molar-refractivity contribution in [2.24, 2.45) is 0 Å². The minimum atomic E-state index is -0.179. The molecule has 0 saturated heterocycles. The van der Waals surface area contributed by atoms with Gasteiger partial charge in [-0.05, 0) is 23.8 Å². The maximum absolute atomic E-state index is 10.3. The van der Waals surface area contributed by atoms with Crippen molar-refractivity contribution in [1.29, 1.82) is 0 Å². The maximum Gasteiger partial charge on any atom is 0.175 e. The van der Waals surface area contributed by atoms with Crippen LogP contribution in [0.5, 0.6) is 23.0 Å². The summed E-state index contributed by atoms with van der Waals surface area (Å²) in [6.45, 7) is 3.34. The first-order valence-corrected chi connectivity index (χ1v) is 9.76. The van der Waals surface area contributed by atoms with E-state index in [4.69, 9.17) is 25.6 Å². The Bertz CT molecular complexity index is 1080. The predicted octanol–water partition coefficient (Wildman–Crippen LogP) is 3.74. The number of phenolic OH excluding ortho intramolecular Hbond substituents is 2. The van der Waals surface area contributed by atoms with Gasteiger partial charge in [-0.25, -0.2) is 0 Å². The van der Waals surface area contributed by atoms with Gasteiger partial charge in [0.15, 0.2) is 17.3 Å². The van der Waals surface area contributed by atoms with Gasteiger partial charge in [-0.1, -0.05) is 22.8 Å². The molecule has 3 aromatic rings. The highest BCUT2D eigenvalue weighted by Crippen LogP contribution is 2.40. The standard InChI is InChI=1S/C21H19ClN2O5/c22-15-8-13(17(25)9-18(15)26)21-14-11-24(4-3-16(14)23-29-21)10-12-1-2-19-20(7-12)28-6-5-27-19/h1-2,7-9,25-26H,3-6,10-11H2. The average molecular weight is 415 g/mol. The van der Waals surface area contributed by atoms with Crippen LogP contribution in [-0.2, 0) is 19.5 Å². The molecule has 2 aliphatic rings. The van der Waals surface area contributed by atoms with E-state index in [2.05, 4.69) is 10.1 Å². The number of hydrogen-bond acceptors (Lipinski definition) is 7. The van der Waals surface area contributed by atoms with Gasteiger partial charge in [-0.15, -0.1) is 0 Å². The van der Waals surface area contributed by atoms with E-state index in [0.717, 1.165) is 47.8 Å². The second-order valence-corrected chi connectivity index (χ2v) is 7.60. The third-order valence-corrected chi connectivity index (χ3v) is 5.54. The molecule has 7 nitrogen and oxygen atoms in total. The Balaban J connectivity index is 1.40. The summed E-state index contributed by atoms with van der Waals surface area (Å²) in [5.74, 6) is 1.75. The van der Waals surface area contributed by atoms with E-state index in [1.54, 1.807) is 0 Å². The van der Waals surface area contributed by atoms with E-state index in [1.807, 2.05) is 18.2 Å². The van der Waals surface area contributed by atoms with Crippen LogP contribution in [0.3, 0.4) is 0 Å². The summed E-state index contributed by atoms with van der Waals surface area (Å²) in [6, 6.07) is 8.71. The Morgan fingerprint density at radius 2 is 1.86 bits per heavy atom. The zero-order valence-corrected chi connectivity index (χ0v) is 16.3. The Labute approximate surface area is 172 Å². The third kappa shape index (κ3) is 3.36. The van der Waals surface area contributed by atoms with Crippen molar-refractivity contribution in [1.82, 2.24) is 10.1 Å². The van der Waals surface area contributed by atoms with Gasteiger partial charge in [0.2, 0.25) is 0 Å². The zero-order chi connectivity index (χ0) is 20.0. The van der Waals surface area contributed by atoms with Crippen LogP contribution in [0.1, 0.15) is 16.8 Å². The number of halogens is 1. The normalized spacial score (nSPS) is 15.9. The molecule has 0 spiro atoms. The molecule has 0 amide bonds. The molecule has 150 valence electrons. The minimum Gasteiger partial charge on any atom is -0.507 e. The molecule has 29 heavy (non-hydrogen) atoms. The van der Waals surface area contributed by atoms with Gasteiger partial charge in [0.25, 0.3) is 0 Å². The van der Waals surface area contributed by atoms with Crippen molar-refractivity contribution in [3.8, 4) is 34.3 Å². The lowest BCUT2D eigenvalue weighted by Crippen LogP contribution is -2.30. The quantitative estimate of drug-likeness (QED) is 0.675. The maximum atomic E-state index is 10.3. The molecule has 0 unspecified atom stereocenters. The summed E-state index contributed by atoms with van der Waals surface area (Å²) in [5, 5.41) is 24.3. The lowest BCUT2D eigenvalue weighted by molar-refractivity contribution is 0.171. The second-order valence-electron chi connectivity index (χ2n) is 7.20. The number of benzene rings is 2. The molecule has 3 heterocycles. The summed E-state index contributed by atoms with van der Waals surface area (Å²) in [5.41, 5.74) is 3.35. The van der Waals surface area contributed by atoms with Crippen molar-refractivity contribution in [2.75, 3.05) is 19.8 Å². The van der Waals surface area contributed by atoms with Crippen LogP contribution < -0.4 is 9.47 Å². The number of aromatic hydroxyl groups is 2. The molecule has 0 aliphatic carbocycles. The molecule has 0 fully saturated rings.